The maximum Gasteiger partial charge on any atom is 0.254 e. The second-order valence-corrected chi connectivity index (χ2v) is 8.51. The van der Waals surface area contributed by atoms with E-state index < -0.39 is 6.04 Å². The molecule has 0 radical (unpaired) electrons. The largest absolute Gasteiger partial charge is 0.378 e. The van der Waals surface area contributed by atoms with Crippen LogP contribution in [0.25, 0.3) is 11.1 Å². The molecule has 2 aromatic carbocycles. The average molecular weight is 443 g/mol. The number of nitrogens with zero attached hydrogens (tertiary/aromatic N) is 4. The van der Waals surface area contributed by atoms with Gasteiger partial charge in [-0.1, -0.05) is 30.3 Å². The second kappa shape index (κ2) is 9.86. The average Bonchev–Trinajstić information content (AvgIpc) is 2.86. The molecule has 0 unspecified atom stereocenters. The first-order chi connectivity index (χ1) is 16.0. The van der Waals surface area contributed by atoms with E-state index in [1.54, 1.807) is 17.3 Å². The summed E-state index contributed by atoms with van der Waals surface area (Å²) in [6, 6.07) is 19.2. The van der Waals surface area contributed by atoms with Crippen LogP contribution in [0.4, 0.5) is 5.69 Å². The maximum atomic E-state index is 13.5. The molecule has 4 rings (SSSR count). The van der Waals surface area contributed by atoms with Crippen molar-refractivity contribution in [1.29, 1.82) is 0 Å². The molecule has 170 valence electrons. The molecule has 1 aromatic heterocycles. The lowest BCUT2D eigenvalue weighted by atomic mass is 9.97. The number of rotatable bonds is 6. The third-order valence-electron chi connectivity index (χ3n) is 6.23. The minimum Gasteiger partial charge on any atom is -0.378 e. The van der Waals surface area contributed by atoms with Crippen molar-refractivity contribution < 1.29 is 9.59 Å². The van der Waals surface area contributed by atoms with Crippen molar-refractivity contribution in [2.24, 2.45) is 0 Å². The van der Waals surface area contributed by atoms with Gasteiger partial charge in [-0.05, 0) is 53.9 Å². The summed E-state index contributed by atoms with van der Waals surface area (Å²) in [5.41, 5.74) is 4.79. The number of benzene rings is 2. The first-order valence-corrected chi connectivity index (χ1v) is 11.3. The van der Waals surface area contributed by atoms with Crippen molar-refractivity contribution >= 4 is 17.5 Å². The number of piperazine rings is 1. The van der Waals surface area contributed by atoms with Gasteiger partial charge >= 0.3 is 0 Å². The molecular formula is C27H30N4O2. The van der Waals surface area contributed by atoms with Crippen LogP contribution in [-0.2, 0) is 11.2 Å². The van der Waals surface area contributed by atoms with Gasteiger partial charge in [0.2, 0.25) is 5.91 Å². The number of likely N-dealkylation sites (N-methyl/N-ethyl adjacent to an activating group) is 1. The Hall–Kier alpha value is -3.67. The van der Waals surface area contributed by atoms with E-state index in [9.17, 15) is 9.59 Å². The molecule has 1 aliphatic heterocycles. The molecule has 0 spiro atoms. The van der Waals surface area contributed by atoms with E-state index in [0.29, 0.717) is 31.6 Å². The molecule has 33 heavy (non-hydrogen) atoms. The van der Waals surface area contributed by atoms with Gasteiger partial charge < -0.3 is 14.7 Å². The summed E-state index contributed by atoms with van der Waals surface area (Å²) in [7, 11) is 3.90. The van der Waals surface area contributed by atoms with Crippen LogP contribution in [0.3, 0.4) is 0 Å². The molecule has 2 amide bonds. The molecule has 1 fully saturated rings. The fourth-order valence-electron chi connectivity index (χ4n) is 4.28. The molecule has 0 N–H and O–H groups in total. The molecule has 2 heterocycles. The van der Waals surface area contributed by atoms with Crippen LogP contribution in [0.5, 0.6) is 0 Å². The number of hydrogen-bond acceptors (Lipinski definition) is 4. The third-order valence-corrected chi connectivity index (χ3v) is 6.23. The summed E-state index contributed by atoms with van der Waals surface area (Å²) in [5, 5.41) is 0. The van der Waals surface area contributed by atoms with Crippen LogP contribution in [0.15, 0.2) is 73.1 Å². The number of amides is 2. The van der Waals surface area contributed by atoms with E-state index >= 15 is 0 Å². The van der Waals surface area contributed by atoms with E-state index in [4.69, 9.17) is 0 Å². The summed E-state index contributed by atoms with van der Waals surface area (Å²) < 4.78 is 0. The maximum absolute atomic E-state index is 13.5. The Bertz CT molecular complexity index is 1110. The van der Waals surface area contributed by atoms with Gasteiger partial charge in [-0.15, -0.1) is 0 Å². The quantitative estimate of drug-likeness (QED) is 0.584. The number of carbonyl (C=O) groups excluding carboxylic acids is 2. The molecular weight excluding hydrogens is 412 g/mol. The molecule has 1 saturated heterocycles. The standard InChI is InChI=1S/C27H30N4O2/c1-4-30-16-17-31(26(32)23-6-5-7-24(19-23)29(2)3)25(27(30)33)18-20-8-10-21(11-9-20)22-12-14-28-15-13-22/h5-15,19,25H,4,16-18H2,1-3H3/t25-/m1/s1. The number of anilines is 1. The Labute approximate surface area is 195 Å². The van der Waals surface area contributed by atoms with Crippen molar-refractivity contribution in [1.82, 2.24) is 14.8 Å². The lowest BCUT2D eigenvalue weighted by molar-refractivity contribution is -0.139. The minimum atomic E-state index is -0.513. The third kappa shape index (κ3) is 4.90. The van der Waals surface area contributed by atoms with Crippen molar-refractivity contribution in [3.8, 4) is 11.1 Å². The second-order valence-electron chi connectivity index (χ2n) is 8.51. The van der Waals surface area contributed by atoms with E-state index in [2.05, 4.69) is 17.1 Å². The van der Waals surface area contributed by atoms with Gasteiger partial charge in [0.05, 0.1) is 0 Å². The monoisotopic (exact) mass is 442 g/mol. The minimum absolute atomic E-state index is 0.0130. The lowest BCUT2D eigenvalue weighted by Gasteiger charge is -2.40. The Morgan fingerprint density at radius 1 is 1.00 bits per heavy atom. The van der Waals surface area contributed by atoms with Gasteiger partial charge in [-0.3, -0.25) is 14.6 Å². The number of aromatic nitrogens is 1. The van der Waals surface area contributed by atoms with Gasteiger partial charge in [-0.2, -0.15) is 0 Å². The highest BCUT2D eigenvalue weighted by Gasteiger charge is 2.37. The number of pyridine rings is 1. The molecule has 0 saturated carbocycles. The van der Waals surface area contributed by atoms with Gasteiger partial charge in [0.15, 0.2) is 0 Å². The Kier molecular flexibility index (Phi) is 6.73. The zero-order valence-corrected chi connectivity index (χ0v) is 19.4. The predicted octanol–water partition coefficient (Wildman–Crippen LogP) is 3.73. The molecule has 1 aliphatic rings. The summed E-state index contributed by atoms with van der Waals surface area (Å²) >= 11 is 0. The van der Waals surface area contributed by atoms with Crippen LogP contribution in [0.1, 0.15) is 22.8 Å². The predicted molar refractivity (Wildman–Crippen MR) is 131 cm³/mol. The van der Waals surface area contributed by atoms with Crippen LogP contribution < -0.4 is 4.90 Å². The van der Waals surface area contributed by atoms with Crippen LogP contribution in [0, 0.1) is 0 Å². The Morgan fingerprint density at radius 2 is 1.70 bits per heavy atom. The molecule has 6 nitrogen and oxygen atoms in total. The number of carbonyl (C=O) groups is 2. The van der Waals surface area contributed by atoms with E-state index in [0.717, 1.165) is 22.4 Å². The normalized spacial score (nSPS) is 16.1. The SMILES string of the molecule is CCN1CCN(C(=O)c2cccc(N(C)C)c2)[C@H](Cc2ccc(-c3ccncc3)cc2)C1=O. The molecule has 0 aliphatic carbocycles. The topological polar surface area (TPSA) is 56.8 Å². The van der Waals surface area contributed by atoms with Gasteiger partial charge in [-0.25, -0.2) is 0 Å². The van der Waals surface area contributed by atoms with Gasteiger partial charge in [0.25, 0.3) is 5.91 Å². The summed E-state index contributed by atoms with van der Waals surface area (Å²) in [6.45, 7) is 3.72. The molecule has 3 aromatic rings. The first-order valence-electron chi connectivity index (χ1n) is 11.3. The Morgan fingerprint density at radius 3 is 2.36 bits per heavy atom. The smallest absolute Gasteiger partial charge is 0.254 e. The van der Waals surface area contributed by atoms with Crippen LogP contribution >= 0.6 is 0 Å². The zero-order valence-electron chi connectivity index (χ0n) is 19.4. The van der Waals surface area contributed by atoms with E-state index in [1.807, 2.05) is 79.3 Å². The summed E-state index contributed by atoms with van der Waals surface area (Å²) in [4.78, 5) is 36.4. The fourth-order valence-corrected chi connectivity index (χ4v) is 4.28. The molecule has 0 bridgehead atoms. The fraction of sp³-hybridized carbons (Fsp3) is 0.296. The summed E-state index contributed by atoms with van der Waals surface area (Å²) in [5.74, 6) is -0.0831. The highest BCUT2D eigenvalue weighted by atomic mass is 16.2. The van der Waals surface area contributed by atoms with Crippen molar-refractivity contribution in [2.45, 2.75) is 19.4 Å². The lowest BCUT2D eigenvalue weighted by Crippen LogP contribution is -2.59. The highest BCUT2D eigenvalue weighted by molar-refractivity contribution is 5.99. The molecule has 1 atom stereocenters. The van der Waals surface area contributed by atoms with Crippen molar-refractivity contribution in [3.05, 3.63) is 84.2 Å². The van der Waals surface area contributed by atoms with Crippen LogP contribution in [0.2, 0.25) is 0 Å². The van der Waals surface area contributed by atoms with E-state index in [1.165, 1.54) is 0 Å². The Balaban J connectivity index is 1.59. The van der Waals surface area contributed by atoms with Crippen molar-refractivity contribution in [3.63, 3.8) is 0 Å². The van der Waals surface area contributed by atoms with Crippen LogP contribution in [-0.4, -0.2) is 66.4 Å². The summed E-state index contributed by atoms with van der Waals surface area (Å²) in [6.07, 6.45) is 4.04. The van der Waals surface area contributed by atoms with Crippen molar-refractivity contribution in [2.75, 3.05) is 38.6 Å². The van der Waals surface area contributed by atoms with Gasteiger partial charge in [0, 0.05) is 63.8 Å². The highest BCUT2D eigenvalue weighted by Crippen LogP contribution is 2.23. The first kappa shape index (κ1) is 22.5. The number of hydrogen-bond donors (Lipinski definition) is 0. The van der Waals surface area contributed by atoms with E-state index in [-0.39, 0.29) is 11.8 Å². The molecule has 6 heteroatoms. The van der Waals surface area contributed by atoms with Gasteiger partial charge in [0.1, 0.15) is 6.04 Å². The zero-order chi connectivity index (χ0) is 23.4.